The van der Waals surface area contributed by atoms with Crippen LogP contribution in [-0.4, -0.2) is 15.2 Å². The number of rotatable bonds is 2. The van der Waals surface area contributed by atoms with Crippen LogP contribution in [0.3, 0.4) is 0 Å². The lowest BCUT2D eigenvalue weighted by Gasteiger charge is -1.94. The van der Waals surface area contributed by atoms with E-state index in [2.05, 4.69) is 10.1 Å². The van der Waals surface area contributed by atoms with Crippen molar-refractivity contribution in [3.8, 4) is 27.9 Å². The Morgan fingerprint density at radius 1 is 1.22 bits per heavy atom. The van der Waals surface area contributed by atoms with Crippen LogP contribution in [-0.2, 0) is 0 Å². The minimum atomic E-state index is 0.165. The van der Waals surface area contributed by atoms with Gasteiger partial charge in [-0.15, -0.1) is 11.3 Å². The Bertz CT molecular complexity index is 693. The van der Waals surface area contributed by atoms with Crippen molar-refractivity contribution >= 4 is 22.9 Å². The van der Waals surface area contributed by atoms with Gasteiger partial charge < -0.3 is 9.63 Å². The number of benzene rings is 1. The Kier molecular flexibility index (Phi) is 2.77. The lowest BCUT2D eigenvalue weighted by molar-refractivity contribution is 0.433. The molecule has 90 valence electrons. The van der Waals surface area contributed by atoms with Gasteiger partial charge in [0.15, 0.2) is 0 Å². The third kappa shape index (κ3) is 2.10. The van der Waals surface area contributed by atoms with Crippen molar-refractivity contribution in [1.29, 1.82) is 0 Å². The predicted molar refractivity (Wildman–Crippen MR) is 69.7 cm³/mol. The van der Waals surface area contributed by atoms with E-state index in [1.165, 1.54) is 11.3 Å². The molecule has 0 spiro atoms. The third-order valence-corrected chi connectivity index (χ3v) is 3.53. The number of thiophene rings is 1. The van der Waals surface area contributed by atoms with Crippen LogP contribution in [0.4, 0.5) is 0 Å². The van der Waals surface area contributed by atoms with Gasteiger partial charge in [-0.1, -0.05) is 28.9 Å². The summed E-state index contributed by atoms with van der Waals surface area (Å²) in [6, 6.07) is 10.3. The Labute approximate surface area is 111 Å². The smallest absolute Gasteiger partial charge is 0.268 e. The summed E-state index contributed by atoms with van der Waals surface area (Å²) in [7, 11) is 0. The highest BCUT2D eigenvalue weighted by molar-refractivity contribution is 7.19. The number of hydrogen-bond acceptors (Lipinski definition) is 5. The number of hydrogen-bond donors (Lipinski definition) is 1. The first-order chi connectivity index (χ1) is 8.72. The standard InChI is InChI=1S/C12H7ClN2O2S/c13-10-5-4-9(18-10)12-14-11(15-17-12)7-2-1-3-8(16)6-7/h1-6,16H. The summed E-state index contributed by atoms with van der Waals surface area (Å²) in [5, 5.41) is 13.3. The summed E-state index contributed by atoms with van der Waals surface area (Å²) in [5.41, 5.74) is 0.702. The molecule has 4 nitrogen and oxygen atoms in total. The molecule has 1 N–H and O–H groups in total. The molecule has 0 aliphatic rings. The molecule has 0 radical (unpaired) electrons. The second-order valence-corrected chi connectivity index (χ2v) is 5.29. The average molecular weight is 279 g/mol. The van der Waals surface area contributed by atoms with Gasteiger partial charge in [0.05, 0.1) is 9.21 Å². The number of phenolic OH excluding ortho intramolecular Hbond substituents is 1. The van der Waals surface area contributed by atoms with E-state index in [0.29, 0.717) is 21.6 Å². The first kappa shape index (κ1) is 11.3. The Hall–Kier alpha value is -1.85. The second-order valence-electron chi connectivity index (χ2n) is 3.58. The van der Waals surface area contributed by atoms with Gasteiger partial charge in [-0.2, -0.15) is 4.98 Å². The van der Waals surface area contributed by atoms with E-state index in [1.54, 1.807) is 30.3 Å². The van der Waals surface area contributed by atoms with Crippen molar-refractivity contribution in [1.82, 2.24) is 10.1 Å². The van der Waals surface area contributed by atoms with Crippen molar-refractivity contribution in [2.75, 3.05) is 0 Å². The third-order valence-electron chi connectivity index (χ3n) is 2.31. The average Bonchev–Trinajstić information content (AvgIpc) is 2.97. The zero-order valence-corrected chi connectivity index (χ0v) is 10.6. The molecule has 0 amide bonds. The normalized spacial score (nSPS) is 10.7. The molecule has 3 aromatic rings. The number of aromatic nitrogens is 2. The highest BCUT2D eigenvalue weighted by atomic mass is 35.5. The minimum Gasteiger partial charge on any atom is -0.508 e. The molecule has 2 aromatic heterocycles. The van der Waals surface area contributed by atoms with Crippen LogP contribution in [0.15, 0.2) is 40.9 Å². The van der Waals surface area contributed by atoms with Gasteiger partial charge in [0, 0.05) is 5.56 Å². The molecule has 6 heteroatoms. The summed E-state index contributed by atoms with van der Waals surface area (Å²) >= 11 is 7.22. The van der Waals surface area contributed by atoms with Crippen LogP contribution in [0.2, 0.25) is 4.34 Å². The first-order valence-corrected chi connectivity index (χ1v) is 6.30. The SMILES string of the molecule is Oc1cccc(-c2noc(-c3ccc(Cl)s3)n2)c1. The maximum atomic E-state index is 9.40. The van der Waals surface area contributed by atoms with E-state index >= 15 is 0 Å². The van der Waals surface area contributed by atoms with Gasteiger partial charge >= 0.3 is 0 Å². The highest BCUT2D eigenvalue weighted by Crippen LogP contribution is 2.31. The van der Waals surface area contributed by atoms with Crippen LogP contribution in [0.1, 0.15) is 0 Å². The highest BCUT2D eigenvalue weighted by Gasteiger charge is 2.12. The molecule has 0 aliphatic heterocycles. The fourth-order valence-corrected chi connectivity index (χ4v) is 2.48. The molecule has 0 bridgehead atoms. The van der Waals surface area contributed by atoms with E-state index < -0.39 is 0 Å². The van der Waals surface area contributed by atoms with E-state index in [4.69, 9.17) is 16.1 Å². The topological polar surface area (TPSA) is 59.2 Å². The number of halogens is 1. The summed E-state index contributed by atoms with van der Waals surface area (Å²) in [6.07, 6.45) is 0. The molecular formula is C12H7ClN2O2S. The molecule has 1 aromatic carbocycles. The lowest BCUT2D eigenvalue weighted by atomic mass is 10.2. The molecule has 3 rings (SSSR count). The van der Waals surface area contributed by atoms with Crippen LogP contribution in [0.5, 0.6) is 5.75 Å². The van der Waals surface area contributed by atoms with Crippen molar-refractivity contribution < 1.29 is 9.63 Å². The second kappa shape index (κ2) is 4.44. The van der Waals surface area contributed by atoms with Gasteiger partial charge in [-0.25, -0.2) is 0 Å². The first-order valence-electron chi connectivity index (χ1n) is 5.11. The van der Waals surface area contributed by atoms with Gasteiger partial charge in [0.1, 0.15) is 5.75 Å². The summed E-state index contributed by atoms with van der Waals surface area (Å²) in [6.45, 7) is 0. The zero-order chi connectivity index (χ0) is 12.5. The van der Waals surface area contributed by atoms with Crippen LogP contribution >= 0.6 is 22.9 Å². The van der Waals surface area contributed by atoms with Crippen LogP contribution in [0.25, 0.3) is 22.2 Å². The summed E-state index contributed by atoms with van der Waals surface area (Å²) < 4.78 is 5.84. The van der Waals surface area contributed by atoms with Crippen LogP contribution in [0, 0.1) is 0 Å². The van der Waals surface area contributed by atoms with Gasteiger partial charge in [0.2, 0.25) is 5.82 Å². The molecule has 2 heterocycles. The summed E-state index contributed by atoms with van der Waals surface area (Å²) in [5.74, 6) is 1.02. The van der Waals surface area contributed by atoms with E-state index in [9.17, 15) is 5.11 Å². The number of nitrogens with zero attached hydrogens (tertiary/aromatic N) is 2. The fourth-order valence-electron chi connectivity index (χ4n) is 1.52. The van der Waals surface area contributed by atoms with Crippen molar-refractivity contribution in [2.45, 2.75) is 0 Å². The molecule has 0 aliphatic carbocycles. The monoisotopic (exact) mass is 278 g/mol. The van der Waals surface area contributed by atoms with E-state index in [1.807, 2.05) is 6.07 Å². The van der Waals surface area contributed by atoms with E-state index in [0.717, 1.165) is 4.88 Å². The number of aromatic hydroxyl groups is 1. The maximum absolute atomic E-state index is 9.40. The molecule has 18 heavy (non-hydrogen) atoms. The van der Waals surface area contributed by atoms with Gasteiger partial charge in [-0.05, 0) is 24.3 Å². The fraction of sp³-hybridized carbons (Fsp3) is 0. The molecule has 0 atom stereocenters. The van der Waals surface area contributed by atoms with Gasteiger partial charge in [-0.3, -0.25) is 0 Å². The van der Waals surface area contributed by atoms with Crippen molar-refractivity contribution in [3.63, 3.8) is 0 Å². The molecule has 0 fully saturated rings. The molecular weight excluding hydrogens is 272 g/mol. The Balaban J connectivity index is 1.99. The Morgan fingerprint density at radius 3 is 2.83 bits per heavy atom. The summed E-state index contributed by atoms with van der Waals surface area (Å²) in [4.78, 5) is 5.09. The maximum Gasteiger partial charge on any atom is 0.268 e. The van der Waals surface area contributed by atoms with E-state index in [-0.39, 0.29) is 5.75 Å². The lowest BCUT2D eigenvalue weighted by Crippen LogP contribution is -1.79. The van der Waals surface area contributed by atoms with Crippen molar-refractivity contribution in [2.24, 2.45) is 0 Å². The largest absolute Gasteiger partial charge is 0.508 e. The van der Waals surface area contributed by atoms with Crippen molar-refractivity contribution in [3.05, 3.63) is 40.7 Å². The van der Waals surface area contributed by atoms with Crippen LogP contribution < -0.4 is 0 Å². The predicted octanol–water partition coefficient (Wildman–Crippen LogP) is 3.82. The quantitative estimate of drug-likeness (QED) is 0.774. The zero-order valence-electron chi connectivity index (χ0n) is 9.00. The number of phenols is 1. The molecule has 0 unspecified atom stereocenters. The molecule has 0 saturated carbocycles. The molecule has 0 saturated heterocycles. The van der Waals surface area contributed by atoms with Gasteiger partial charge in [0.25, 0.3) is 5.89 Å². The minimum absolute atomic E-state index is 0.165. The Morgan fingerprint density at radius 2 is 2.11 bits per heavy atom.